The number of likely N-dealkylation sites (N-methyl/N-ethyl adjacent to an activating group) is 2. The zero-order valence-corrected chi connectivity index (χ0v) is 13.4. The number of guanidine groups is 1. The summed E-state index contributed by atoms with van der Waals surface area (Å²) in [4.78, 5) is 31.6. The second kappa shape index (κ2) is 5.83. The van der Waals surface area contributed by atoms with Gasteiger partial charge in [0.05, 0.1) is 13.1 Å². The fourth-order valence-corrected chi connectivity index (χ4v) is 2.53. The van der Waals surface area contributed by atoms with Crippen LogP contribution in [-0.4, -0.2) is 71.3 Å². The molecule has 1 saturated heterocycles. The van der Waals surface area contributed by atoms with Gasteiger partial charge in [0, 0.05) is 14.1 Å². The quantitative estimate of drug-likeness (QED) is 0.759. The number of amides is 3. The smallest absolute Gasteiger partial charge is 0.275 e. The number of urea groups is 1. The summed E-state index contributed by atoms with van der Waals surface area (Å²) in [6.07, 6.45) is 0.961. The first-order valence-corrected chi connectivity index (χ1v) is 7.39. The molecule has 0 radical (unpaired) electrons. The van der Waals surface area contributed by atoms with E-state index in [1.165, 1.54) is 16.8 Å². The van der Waals surface area contributed by atoms with Gasteiger partial charge >= 0.3 is 12.0 Å². The molecule has 21 heavy (non-hydrogen) atoms. The third-order valence-corrected chi connectivity index (χ3v) is 3.81. The van der Waals surface area contributed by atoms with Crippen LogP contribution in [0.4, 0.5) is 4.79 Å². The SMILES string of the molecule is CCNC1=[N+](CCC(C)C)C2C(=O)N(C)C(=O)N(C)C2=N1. The molecule has 0 aromatic rings. The molecule has 3 amide bonds. The van der Waals surface area contributed by atoms with Crippen molar-refractivity contribution in [2.75, 3.05) is 27.2 Å². The van der Waals surface area contributed by atoms with Gasteiger partial charge in [0.25, 0.3) is 5.91 Å². The van der Waals surface area contributed by atoms with Crippen LogP contribution in [0.1, 0.15) is 27.2 Å². The minimum Gasteiger partial charge on any atom is -0.275 e. The lowest BCUT2D eigenvalue weighted by molar-refractivity contribution is -0.538. The molecule has 2 aliphatic heterocycles. The first kappa shape index (κ1) is 15.5. The number of aliphatic imine (C=N–C) groups is 1. The maximum Gasteiger partial charge on any atom is 0.390 e. The van der Waals surface area contributed by atoms with Gasteiger partial charge in [0.15, 0.2) is 0 Å². The Morgan fingerprint density at radius 1 is 1.29 bits per heavy atom. The van der Waals surface area contributed by atoms with Crippen molar-refractivity contribution in [3.63, 3.8) is 0 Å². The highest BCUT2D eigenvalue weighted by Crippen LogP contribution is 2.19. The van der Waals surface area contributed by atoms with Crippen LogP contribution in [0, 0.1) is 5.92 Å². The summed E-state index contributed by atoms with van der Waals surface area (Å²) in [6, 6.07) is -0.831. The van der Waals surface area contributed by atoms with Gasteiger partial charge < -0.3 is 0 Å². The van der Waals surface area contributed by atoms with E-state index in [-0.39, 0.29) is 11.9 Å². The summed E-state index contributed by atoms with van der Waals surface area (Å²) in [5.41, 5.74) is 0. The van der Waals surface area contributed by atoms with Crippen LogP contribution in [0.15, 0.2) is 4.99 Å². The summed E-state index contributed by atoms with van der Waals surface area (Å²) in [5, 5.41) is 3.19. The largest absolute Gasteiger partial charge is 0.390 e. The number of fused-ring (bicyclic) bond motifs is 1. The van der Waals surface area contributed by atoms with Gasteiger partial charge in [-0.3, -0.25) is 19.9 Å². The van der Waals surface area contributed by atoms with Crippen molar-refractivity contribution in [3.05, 3.63) is 0 Å². The second-order valence-electron chi connectivity index (χ2n) is 5.84. The maximum absolute atomic E-state index is 12.5. The van der Waals surface area contributed by atoms with Gasteiger partial charge in [-0.25, -0.2) is 9.37 Å². The van der Waals surface area contributed by atoms with Gasteiger partial charge in [-0.1, -0.05) is 18.8 Å². The third-order valence-electron chi connectivity index (χ3n) is 3.81. The van der Waals surface area contributed by atoms with Crippen molar-refractivity contribution >= 4 is 23.7 Å². The first-order valence-electron chi connectivity index (χ1n) is 7.39. The predicted octanol–water partition coefficient (Wildman–Crippen LogP) is 0.315. The molecule has 1 unspecified atom stereocenters. The summed E-state index contributed by atoms with van der Waals surface area (Å²) in [5.74, 6) is 1.52. The van der Waals surface area contributed by atoms with Crippen LogP contribution in [0.2, 0.25) is 0 Å². The van der Waals surface area contributed by atoms with Gasteiger partial charge in [0.1, 0.15) is 0 Å². The predicted molar refractivity (Wildman–Crippen MR) is 80.4 cm³/mol. The lowest BCUT2D eigenvalue weighted by Gasteiger charge is -2.31. The van der Waals surface area contributed by atoms with E-state index >= 15 is 0 Å². The molecule has 1 N–H and O–H groups in total. The molecule has 2 rings (SSSR count). The number of carbonyl (C=O) groups is 2. The minimum absolute atomic E-state index is 0.214. The average Bonchev–Trinajstić information content (AvgIpc) is 2.79. The highest BCUT2D eigenvalue weighted by atomic mass is 16.2. The van der Waals surface area contributed by atoms with E-state index < -0.39 is 6.04 Å². The number of hydrogen-bond acceptors (Lipinski definition) is 4. The van der Waals surface area contributed by atoms with Crippen molar-refractivity contribution in [2.24, 2.45) is 10.9 Å². The molecule has 0 spiro atoms. The molecule has 1 atom stereocenters. The average molecular weight is 294 g/mol. The summed E-state index contributed by atoms with van der Waals surface area (Å²) >= 11 is 0. The van der Waals surface area contributed by atoms with Crippen LogP contribution in [0.3, 0.4) is 0 Å². The third kappa shape index (κ3) is 2.64. The number of nitrogens with one attached hydrogen (secondary N) is 1. The van der Waals surface area contributed by atoms with Crippen LogP contribution < -0.4 is 5.32 Å². The van der Waals surface area contributed by atoms with E-state index in [4.69, 9.17) is 0 Å². The van der Waals surface area contributed by atoms with E-state index in [9.17, 15) is 9.59 Å². The lowest BCUT2D eigenvalue weighted by atomic mass is 10.1. The van der Waals surface area contributed by atoms with E-state index in [1.807, 2.05) is 11.5 Å². The van der Waals surface area contributed by atoms with E-state index in [2.05, 4.69) is 24.2 Å². The lowest BCUT2D eigenvalue weighted by Crippen LogP contribution is -2.61. The molecule has 2 heterocycles. The normalized spacial score (nSPS) is 22.2. The Hall–Kier alpha value is -1.92. The molecule has 116 valence electrons. The highest BCUT2D eigenvalue weighted by Gasteiger charge is 2.51. The molecule has 0 bridgehead atoms. The number of rotatable bonds is 4. The number of imide groups is 1. The van der Waals surface area contributed by atoms with Crippen molar-refractivity contribution in [1.82, 2.24) is 15.1 Å². The Labute approximate surface area is 125 Å². The monoisotopic (exact) mass is 294 g/mol. The fourth-order valence-electron chi connectivity index (χ4n) is 2.53. The molecule has 0 aromatic heterocycles. The molecular formula is C14H24N5O2+. The minimum atomic E-state index is -0.495. The first-order chi connectivity index (χ1) is 9.88. The highest BCUT2D eigenvalue weighted by molar-refractivity contribution is 6.22. The Bertz CT molecular complexity index is 523. The molecule has 7 heteroatoms. The molecule has 2 aliphatic rings. The maximum atomic E-state index is 12.5. The van der Waals surface area contributed by atoms with E-state index in [0.717, 1.165) is 19.5 Å². The molecule has 0 aromatic carbocycles. The number of carbonyl (C=O) groups excluding carboxylic acids is 2. The fraction of sp³-hybridized carbons (Fsp3) is 0.714. The zero-order chi connectivity index (χ0) is 15.7. The van der Waals surface area contributed by atoms with Crippen LogP contribution in [-0.2, 0) is 4.79 Å². The van der Waals surface area contributed by atoms with Crippen LogP contribution in [0.5, 0.6) is 0 Å². The second-order valence-corrected chi connectivity index (χ2v) is 5.84. The molecule has 1 fully saturated rings. The van der Waals surface area contributed by atoms with Crippen LogP contribution in [0.25, 0.3) is 0 Å². The van der Waals surface area contributed by atoms with E-state index in [1.54, 1.807) is 7.05 Å². The molecule has 0 aliphatic carbocycles. The standard InChI is InChI=1S/C14H23N5O2/c1-6-15-13-16-11-10(19(13)8-7-9(2)3)12(20)18(5)14(21)17(11)4/h9-10H,6-8H2,1-5H3/p+1. The van der Waals surface area contributed by atoms with Gasteiger partial charge in [0.2, 0.25) is 11.9 Å². The Morgan fingerprint density at radius 3 is 2.52 bits per heavy atom. The van der Waals surface area contributed by atoms with E-state index in [0.29, 0.717) is 17.7 Å². The van der Waals surface area contributed by atoms with Gasteiger partial charge in [-0.2, -0.15) is 0 Å². The Kier molecular flexibility index (Phi) is 4.29. The Morgan fingerprint density at radius 2 is 1.95 bits per heavy atom. The number of amidine groups is 1. The zero-order valence-electron chi connectivity index (χ0n) is 13.4. The summed E-state index contributed by atoms with van der Waals surface area (Å²) in [7, 11) is 3.18. The number of nitrogens with zero attached hydrogens (tertiary/aromatic N) is 4. The van der Waals surface area contributed by atoms with Crippen molar-refractivity contribution in [1.29, 1.82) is 0 Å². The van der Waals surface area contributed by atoms with Crippen molar-refractivity contribution < 1.29 is 14.2 Å². The molecular weight excluding hydrogens is 270 g/mol. The van der Waals surface area contributed by atoms with Gasteiger partial charge in [-0.15, -0.1) is 0 Å². The molecule has 0 saturated carbocycles. The molecule has 7 nitrogen and oxygen atoms in total. The summed E-state index contributed by atoms with van der Waals surface area (Å²) in [6.45, 7) is 7.74. The van der Waals surface area contributed by atoms with Gasteiger partial charge in [-0.05, 0) is 19.3 Å². The number of hydrogen-bond donors (Lipinski definition) is 1. The van der Waals surface area contributed by atoms with Crippen molar-refractivity contribution in [2.45, 2.75) is 33.2 Å². The topological polar surface area (TPSA) is 68.0 Å². The Balaban J connectivity index is 2.35. The van der Waals surface area contributed by atoms with Crippen LogP contribution >= 0.6 is 0 Å². The summed E-state index contributed by atoms with van der Waals surface area (Å²) < 4.78 is 1.97. The van der Waals surface area contributed by atoms with Crippen molar-refractivity contribution in [3.8, 4) is 0 Å².